The van der Waals surface area contributed by atoms with Gasteiger partial charge in [-0.2, -0.15) is 0 Å². The molecule has 1 aromatic rings. The first kappa shape index (κ1) is 18.2. The number of urea groups is 1. The fraction of sp³-hybridized carbons (Fsp3) is 0.529. The number of likely N-dealkylation sites (tertiary alicyclic amines) is 1. The smallest absolute Gasteiger partial charge is 0.337 e. The molecule has 1 atom stereocenters. The van der Waals surface area contributed by atoms with E-state index in [9.17, 15) is 14.7 Å². The Morgan fingerprint density at radius 1 is 1.21 bits per heavy atom. The van der Waals surface area contributed by atoms with Crippen LogP contribution in [0.5, 0.6) is 0 Å². The number of β-amino-alcohol motifs (C(OH)–C–C–N with tert-alkyl or cyclic N) is 1. The van der Waals surface area contributed by atoms with Gasteiger partial charge in [-0.05, 0) is 50.2 Å². The SMILES string of the molecule is COC(=O)c1ccc(NC(=O)NC[C@H](O)CN2CCCCC2)cc1. The van der Waals surface area contributed by atoms with Gasteiger partial charge < -0.3 is 25.4 Å². The number of esters is 1. The van der Waals surface area contributed by atoms with E-state index in [0.29, 0.717) is 17.8 Å². The molecule has 1 aliphatic rings. The Bertz CT molecular complexity index is 541. The van der Waals surface area contributed by atoms with E-state index >= 15 is 0 Å². The van der Waals surface area contributed by atoms with Gasteiger partial charge in [0.15, 0.2) is 0 Å². The van der Waals surface area contributed by atoms with E-state index in [1.54, 1.807) is 24.3 Å². The number of aliphatic hydroxyl groups excluding tert-OH is 1. The average molecular weight is 335 g/mol. The number of benzene rings is 1. The maximum atomic E-state index is 11.8. The van der Waals surface area contributed by atoms with E-state index in [2.05, 4.69) is 20.3 Å². The minimum absolute atomic E-state index is 0.197. The van der Waals surface area contributed by atoms with Crippen LogP contribution in [-0.2, 0) is 4.74 Å². The van der Waals surface area contributed by atoms with Crippen LogP contribution < -0.4 is 10.6 Å². The lowest BCUT2D eigenvalue weighted by molar-refractivity contribution is 0.0600. The Kier molecular flexibility index (Phi) is 7.02. The highest BCUT2D eigenvalue weighted by molar-refractivity contribution is 5.92. The topological polar surface area (TPSA) is 90.9 Å². The van der Waals surface area contributed by atoms with Gasteiger partial charge in [0.25, 0.3) is 0 Å². The summed E-state index contributed by atoms with van der Waals surface area (Å²) in [4.78, 5) is 25.4. The summed E-state index contributed by atoms with van der Waals surface area (Å²) >= 11 is 0. The summed E-state index contributed by atoms with van der Waals surface area (Å²) in [6, 6.07) is 6.00. The second kappa shape index (κ2) is 9.24. The van der Waals surface area contributed by atoms with Gasteiger partial charge in [0.1, 0.15) is 0 Å². The minimum Gasteiger partial charge on any atom is -0.465 e. The third-order valence-electron chi connectivity index (χ3n) is 3.98. The van der Waals surface area contributed by atoms with Gasteiger partial charge in [0.05, 0.1) is 18.8 Å². The van der Waals surface area contributed by atoms with Gasteiger partial charge in [0, 0.05) is 18.8 Å². The Morgan fingerprint density at radius 2 is 1.88 bits per heavy atom. The van der Waals surface area contributed by atoms with E-state index in [0.717, 1.165) is 13.1 Å². The van der Waals surface area contributed by atoms with Gasteiger partial charge in [-0.3, -0.25) is 0 Å². The lowest BCUT2D eigenvalue weighted by Crippen LogP contribution is -2.42. The Morgan fingerprint density at radius 3 is 2.50 bits per heavy atom. The molecule has 2 amide bonds. The monoisotopic (exact) mass is 335 g/mol. The molecule has 0 saturated carbocycles. The molecule has 0 bridgehead atoms. The highest BCUT2D eigenvalue weighted by Gasteiger charge is 2.15. The molecular formula is C17H25N3O4. The predicted octanol–water partition coefficient (Wildman–Crippen LogP) is 1.44. The summed E-state index contributed by atoms with van der Waals surface area (Å²) in [6.07, 6.45) is 3.00. The number of piperidine rings is 1. The lowest BCUT2D eigenvalue weighted by Gasteiger charge is -2.28. The maximum Gasteiger partial charge on any atom is 0.337 e. The van der Waals surface area contributed by atoms with Crippen molar-refractivity contribution in [3.63, 3.8) is 0 Å². The molecule has 0 aromatic heterocycles. The number of amides is 2. The molecule has 0 aliphatic carbocycles. The van der Waals surface area contributed by atoms with Crippen LogP contribution in [0.1, 0.15) is 29.6 Å². The molecule has 2 rings (SSSR count). The second-order valence-corrected chi connectivity index (χ2v) is 5.92. The minimum atomic E-state index is -0.587. The van der Waals surface area contributed by atoms with E-state index in [1.165, 1.54) is 26.4 Å². The summed E-state index contributed by atoms with van der Waals surface area (Å²) < 4.78 is 4.61. The lowest BCUT2D eigenvalue weighted by atomic mass is 10.1. The van der Waals surface area contributed by atoms with Crippen LogP contribution in [0.3, 0.4) is 0 Å². The molecule has 1 heterocycles. The van der Waals surface area contributed by atoms with Crippen LogP contribution in [0.25, 0.3) is 0 Å². The number of aliphatic hydroxyl groups is 1. The van der Waals surface area contributed by atoms with Gasteiger partial charge in [0.2, 0.25) is 0 Å². The molecular weight excluding hydrogens is 310 g/mol. The van der Waals surface area contributed by atoms with E-state index in [4.69, 9.17) is 0 Å². The molecule has 0 unspecified atom stereocenters. The number of hydrogen-bond acceptors (Lipinski definition) is 5. The summed E-state index contributed by atoms with van der Waals surface area (Å²) in [6.45, 7) is 2.79. The number of carbonyl (C=O) groups excluding carboxylic acids is 2. The highest BCUT2D eigenvalue weighted by atomic mass is 16.5. The molecule has 0 spiro atoms. The number of hydrogen-bond donors (Lipinski definition) is 3. The fourth-order valence-electron chi connectivity index (χ4n) is 2.70. The van der Waals surface area contributed by atoms with Gasteiger partial charge >= 0.3 is 12.0 Å². The van der Waals surface area contributed by atoms with Crippen molar-refractivity contribution in [1.29, 1.82) is 0 Å². The molecule has 0 radical (unpaired) electrons. The molecule has 132 valence electrons. The molecule has 1 aliphatic heterocycles. The van der Waals surface area contributed by atoms with E-state index in [-0.39, 0.29) is 6.54 Å². The van der Waals surface area contributed by atoms with Crippen LogP contribution in [0.4, 0.5) is 10.5 Å². The number of anilines is 1. The Balaban J connectivity index is 1.71. The summed E-state index contributed by atoms with van der Waals surface area (Å²) in [5.74, 6) is -0.424. The third-order valence-corrected chi connectivity index (χ3v) is 3.98. The fourth-order valence-corrected chi connectivity index (χ4v) is 2.70. The average Bonchev–Trinajstić information content (AvgIpc) is 2.61. The first-order chi connectivity index (χ1) is 11.6. The van der Waals surface area contributed by atoms with Crippen molar-refractivity contribution in [2.24, 2.45) is 0 Å². The largest absolute Gasteiger partial charge is 0.465 e. The maximum absolute atomic E-state index is 11.8. The van der Waals surface area contributed by atoms with Crippen molar-refractivity contribution in [1.82, 2.24) is 10.2 Å². The predicted molar refractivity (Wildman–Crippen MR) is 91.1 cm³/mol. The van der Waals surface area contributed by atoms with Crippen molar-refractivity contribution in [2.45, 2.75) is 25.4 Å². The molecule has 24 heavy (non-hydrogen) atoms. The highest BCUT2D eigenvalue weighted by Crippen LogP contribution is 2.10. The van der Waals surface area contributed by atoms with Crippen molar-refractivity contribution in [3.8, 4) is 0 Å². The van der Waals surface area contributed by atoms with Crippen molar-refractivity contribution >= 4 is 17.7 Å². The van der Waals surface area contributed by atoms with Crippen LogP contribution in [0.2, 0.25) is 0 Å². The molecule has 1 fully saturated rings. The van der Waals surface area contributed by atoms with Gasteiger partial charge in [-0.25, -0.2) is 9.59 Å². The summed E-state index contributed by atoms with van der Waals surface area (Å²) in [5, 5.41) is 15.3. The zero-order valence-corrected chi connectivity index (χ0v) is 14.0. The zero-order chi connectivity index (χ0) is 17.4. The first-order valence-electron chi connectivity index (χ1n) is 8.22. The Hall–Kier alpha value is -2.12. The number of nitrogens with one attached hydrogen (secondary N) is 2. The zero-order valence-electron chi connectivity index (χ0n) is 14.0. The van der Waals surface area contributed by atoms with E-state index in [1.807, 2.05) is 0 Å². The third kappa shape index (κ3) is 5.82. The van der Waals surface area contributed by atoms with Crippen molar-refractivity contribution in [3.05, 3.63) is 29.8 Å². The van der Waals surface area contributed by atoms with Crippen LogP contribution in [-0.4, -0.2) is 61.4 Å². The molecule has 3 N–H and O–H groups in total. The number of nitrogens with zero attached hydrogens (tertiary/aromatic N) is 1. The molecule has 7 nitrogen and oxygen atoms in total. The molecule has 7 heteroatoms. The van der Waals surface area contributed by atoms with Crippen LogP contribution in [0, 0.1) is 0 Å². The van der Waals surface area contributed by atoms with E-state index < -0.39 is 18.1 Å². The Labute approximate surface area is 142 Å². The number of ether oxygens (including phenoxy) is 1. The van der Waals surface area contributed by atoms with Crippen molar-refractivity contribution < 1.29 is 19.4 Å². The number of rotatable bonds is 6. The normalized spacial score (nSPS) is 16.2. The van der Waals surface area contributed by atoms with Gasteiger partial charge in [-0.15, -0.1) is 0 Å². The van der Waals surface area contributed by atoms with Gasteiger partial charge in [-0.1, -0.05) is 6.42 Å². The summed E-state index contributed by atoms with van der Waals surface area (Å²) in [5.41, 5.74) is 0.978. The standard InChI is InChI=1S/C17H25N3O4/c1-24-16(22)13-5-7-14(8-6-13)19-17(23)18-11-15(21)12-20-9-3-2-4-10-20/h5-8,15,21H,2-4,9-12H2,1H3,(H2,18,19,23)/t15-/m0/s1. The second-order valence-electron chi connectivity index (χ2n) is 5.92. The molecule has 1 aromatic carbocycles. The molecule has 1 saturated heterocycles. The summed E-state index contributed by atoms with van der Waals surface area (Å²) in [7, 11) is 1.32. The first-order valence-corrected chi connectivity index (χ1v) is 8.22. The number of methoxy groups -OCH3 is 1. The quantitative estimate of drug-likeness (QED) is 0.684. The van der Waals surface area contributed by atoms with Crippen molar-refractivity contribution in [2.75, 3.05) is 38.6 Å². The number of carbonyl (C=O) groups is 2. The van der Waals surface area contributed by atoms with Crippen LogP contribution in [0.15, 0.2) is 24.3 Å². The van der Waals surface area contributed by atoms with Crippen LogP contribution >= 0.6 is 0 Å².